The Kier molecular flexibility index (Phi) is 2.90. The molecule has 2 aromatic heterocycles. The molecule has 0 aliphatic rings. The van der Waals surface area contributed by atoms with E-state index in [1.807, 2.05) is 13.0 Å². The molecular formula is C10H10IN3O. The van der Waals surface area contributed by atoms with Gasteiger partial charge in [-0.2, -0.15) is 0 Å². The van der Waals surface area contributed by atoms with Gasteiger partial charge in [-0.3, -0.25) is 0 Å². The fourth-order valence-corrected chi connectivity index (χ4v) is 1.89. The first-order valence-corrected chi connectivity index (χ1v) is 5.66. The van der Waals surface area contributed by atoms with E-state index in [0.717, 1.165) is 15.7 Å². The second-order valence-corrected chi connectivity index (χ2v) is 4.10. The minimum atomic E-state index is 0.508. The quantitative estimate of drug-likeness (QED) is 0.865. The molecule has 2 N–H and O–H groups in total. The van der Waals surface area contributed by atoms with Crippen molar-refractivity contribution in [3.63, 3.8) is 0 Å². The summed E-state index contributed by atoms with van der Waals surface area (Å²) in [5.74, 6) is 1.71. The van der Waals surface area contributed by atoms with Crippen molar-refractivity contribution < 1.29 is 4.42 Å². The van der Waals surface area contributed by atoms with Crippen molar-refractivity contribution in [1.82, 2.24) is 9.97 Å². The first-order valence-electron chi connectivity index (χ1n) is 4.58. The molecule has 0 spiro atoms. The molecule has 5 heteroatoms. The van der Waals surface area contributed by atoms with Crippen LogP contribution in [-0.4, -0.2) is 9.97 Å². The average molecular weight is 315 g/mol. The Morgan fingerprint density at radius 1 is 1.47 bits per heavy atom. The molecule has 78 valence electrons. The Balaban J connectivity index is 2.55. The Morgan fingerprint density at radius 2 is 2.27 bits per heavy atom. The molecule has 15 heavy (non-hydrogen) atoms. The third-order valence-corrected chi connectivity index (χ3v) is 3.20. The van der Waals surface area contributed by atoms with Gasteiger partial charge in [0, 0.05) is 0 Å². The van der Waals surface area contributed by atoms with Gasteiger partial charge in [-0.05, 0) is 41.1 Å². The van der Waals surface area contributed by atoms with Gasteiger partial charge in [0.2, 0.25) is 0 Å². The van der Waals surface area contributed by atoms with Crippen LogP contribution in [0.1, 0.15) is 12.6 Å². The summed E-state index contributed by atoms with van der Waals surface area (Å²) in [5.41, 5.74) is 6.76. The van der Waals surface area contributed by atoms with E-state index in [9.17, 15) is 0 Å². The molecule has 0 amide bonds. The van der Waals surface area contributed by atoms with E-state index in [1.54, 1.807) is 12.3 Å². The van der Waals surface area contributed by atoms with Gasteiger partial charge in [0.15, 0.2) is 11.6 Å². The van der Waals surface area contributed by atoms with Gasteiger partial charge in [0.05, 0.1) is 15.5 Å². The van der Waals surface area contributed by atoms with Gasteiger partial charge in [0.25, 0.3) is 0 Å². The summed E-state index contributed by atoms with van der Waals surface area (Å²) >= 11 is 2.16. The van der Waals surface area contributed by atoms with Gasteiger partial charge >= 0.3 is 0 Å². The van der Waals surface area contributed by atoms with Crippen molar-refractivity contribution in [2.45, 2.75) is 13.3 Å². The summed E-state index contributed by atoms with van der Waals surface area (Å²) in [6.45, 7) is 2.04. The lowest BCUT2D eigenvalue weighted by Crippen LogP contribution is -2.03. The highest BCUT2D eigenvalue weighted by Crippen LogP contribution is 2.22. The molecular weight excluding hydrogens is 305 g/mol. The molecule has 0 aliphatic carbocycles. The molecule has 0 aliphatic heterocycles. The summed E-state index contributed by atoms with van der Waals surface area (Å²) in [5, 5.41) is 0. The fourth-order valence-electron chi connectivity index (χ4n) is 1.26. The van der Waals surface area contributed by atoms with Crippen molar-refractivity contribution in [1.29, 1.82) is 0 Å². The predicted molar refractivity (Wildman–Crippen MR) is 66.2 cm³/mol. The standard InChI is InChI=1S/C10H10IN3O/c1-2-6-8(11)9(12)14-10(13-6)7-4-3-5-15-7/h3-5H,2H2,1H3,(H2,12,13,14). The van der Waals surface area contributed by atoms with Crippen molar-refractivity contribution >= 4 is 28.4 Å². The van der Waals surface area contributed by atoms with Crippen LogP contribution in [0.5, 0.6) is 0 Å². The molecule has 0 aromatic carbocycles. The smallest absolute Gasteiger partial charge is 0.197 e. The van der Waals surface area contributed by atoms with Crippen LogP contribution < -0.4 is 5.73 Å². The van der Waals surface area contributed by atoms with Crippen LogP contribution in [0.3, 0.4) is 0 Å². The van der Waals surface area contributed by atoms with E-state index < -0.39 is 0 Å². The van der Waals surface area contributed by atoms with Crippen molar-refractivity contribution in [3.8, 4) is 11.6 Å². The number of hydrogen-bond acceptors (Lipinski definition) is 4. The molecule has 2 rings (SSSR count). The van der Waals surface area contributed by atoms with Crippen LogP contribution in [0.25, 0.3) is 11.6 Å². The molecule has 0 bridgehead atoms. The lowest BCUT2D eigenvalue weighted by atomic mass is 10.3. The van der Waals surface area contributed by atoms with Crippen LogP contribution in [0, 0.1) is 3.57 Å². The zero-order valence-corrected chi connectivity index (χ0v) is 10.4. The van der Waals surface area contributed by atoms with E-state index in [4.69, 9.17) is 10.2 Å². The lowest BCUT2D eigenvalue weighted by Gasteiger charge is -2.05. The summed E-state index contributed by atoms with van der Waals surface area (Å²) in [7, 11) is 0. The molecule has 0 saturated heterocycles. The molecule has 0 fully saturated rings. The Morgan fingerprint density at radius 3 is 2.87 bits per heavy atom. The summed E-state index contributed by atoms with van der Waals surface area (Å²) < 4.78 is 6.15. The second kappa shape index (κ2) is 4.18. The van der Waals surface area contributed by atoms with E-state index in [1.165, 1.54) is 0 Å². The number of rotatable bonds is 2. The van der Waals surface area contributed by atoms with Gasteiger partial charge in [-0.25, -0.2) is 9.97 Å². The Hall–Kier alpha value is -1.11. The third kappa shape index (κ3) is 1.97. The van der Waals surface area contributed by atoms with Crippen LogP contribution >= 0.6 is 22.6 Å². The number of nitrogens with two attached hydrogens (primary N) is 1. The highest BCUT2D eigenvalue weighted by atomic mass is 127. The summed E-state index contributed by atoms with van der Waals surface area (Å²) in [6, 6.07) is 3.62. The van der Waals surface area contributed by atoms with Crippen LogP contribution in [0.15, 0.2) is 22.8 Å². The molecule has 0 radical (unpaired) electrons. The van der Waals surface area contributed by atoms with E-state index in [2.05, 4.69) is 32.6 Å². The second-order valence-electron chi connectivity index (χ2n) is 3.02. The maximum Gasteiger partial charge on any atom is 0.197 e. The highest BCUT2D eigenvalue weighted by Gasteiger charge is 2.11. The number of aromatic nitrogens is 2. The zero-order chi connectivity index (χ0) is 10.8. The molecule has 0 unspecified atom stereocenters. The maximum absolute atomic E-state index is 5.80. The SMILES string of the molecule is CCc1nc(-c2ccco2)nc(N)c1I. The maximum atomic E-state index is 5.80. The van der Waals surface area contributed by atoms with Gasteiger partial charge in [-0.1, -0.05) is 6.92 Å². The van der Waals surface area contributed by atoms with Crippen LogP contribution in [0.4, 0.5) is 5.82 Å². The molecule has 0 saturated carbocycles. The Labute approximate surface area is 101 Å². The molecule has 2 heterocycles. The molecule has 4 nitrogen and oxygen atoms in total. The number of anilines is 1. The summed E-state index contributed by atoms with van der Waals surface area (Å²) in [6.07, 6.45) is 2.43. The average Bonchev–Trinajstić information content (AvgIpc) is 2.75. The Bertz CT molecular complexity index is 468. The zero-order valence-electron chi connectivity index (χ0n) is 8.20. The number of furan rings is 1. The first-order chi connectivity index (χ1) is 7.22. The largest absolute Gasteiger partial charge is 0.461 e. The van der Waals surface area contributed by atoms with Crippen molar-refractivity contribution in [3.05, 3.63) is 27.7 Å². The summed E-state index contributed by atoms with van der Waals surface area (Å²) in [4.78, 5) is 8.59. The lowest BCUT2D eigenvalue weighted by molar-refractivity contribution is 0.577. The molecule has 0 atom stereocenters. The predicted octanol–water partition coefficient (Wildman–Crippen LogP) is 2.49. The van der Waals surface area contributed by atoms with E-state index >= 15 is 0 Å². The number of halogens is 1. The van der Waals surface area contributed by atoms with Crippen molar-refractivity contribution in [2.24, 2.45) is 0 Å². The number of nitrogens with zero attached hydrogens (tertiary/aromatic N) is 2. The van der Waals surface area contributed by atoms with E-state index in [-0.39, 0.29) is 0 Å². The first kappa shape index (κ1) is 10.4. The topological polar surface area (TPSA) is 64.9 Å². The van der Waals surface area contributed by atoms with Gasteiger partial charge < -0.3 is 10.2 Å². The third-order valence-electron chi connectivity index (χ3n) is 2.02. The van der Waals surface area contributed by atoms with Crippen molar-refractivity contribution in [2.75, 3.05) is 5.73 Å². The normalized spacial score (nSPS) is 10.5. The van der Waals surface area contributed by atoms with Crippen LogP contribution in [0.2, 0.25) is 0 Å². The minimum absolute atomic E-state index is 0.508. The van der Waals surface area contributed by atoms with E-state index in [0.29, 0.717) is 17.4 Å². The monoisotopic (exact) mass is 315 g/mol. The fraction of sp³-hybridized carbons (Fsp3) is 0.200. The number of aryl methyl sites for hydroxylation is 1. The molecule has 2 aromatic rings. The van der Waals surface area contributed by atoms with Crippen LogP contribution in [-0.2, 0) is 6.42 Å². The number of hydrogen-bond donors (Lipinski definition) is 1. The van der Waals surface area contributed by atoms with Gasteiger partial charge in [0.1, 0.15) is 5.82 Å². The minimum Gasteiger partial charge on any atom is -0.461 e. The van der Waals surface area contributed by atoms with Gasteiger partial charge in [-0.15, -0.1) is 0 Å². The number of nitrogen functional groups attached to an aromatic ring is 1. The highest BCUT2D eigenvalue weighted by molar-refractivity contribution is 14.1.